The number of hydrogen-bond acceptors (Lipinski definition) is 4. The van der Waals surface area contributed by atoms with Crippen LogP contribution in [0, 0.1) is 0 Å². The van der Waals surface area contributed by atoms with Crippen LogP contribution in [0.25, 0.3) is 10.9 Å². The van der Waals surface area contributed by atoms with E-state index in [4.69, 9.17) is 10.5 Å². The lowest BCUT2D eigenvalue weighted by Gasteiger charge is -2.36. The predicted molar refractivity (Wildman–Crippen MR) is 121 cm³/mol. The van der Waals surface area contributed by atoms with E-state index in [1.807, 2.05) is 24.3 Å². The van der Waals surface area contributed by atoms with Crippen LogP contribution in [0.5, 0.6) is 5.75 Å². The number of aryl methyl sites for hydroxylation is 1. The van der Waals surface area contributed by atoms with E-state index in [0.717, 1.165) is 62.2 Å². The molecule has 0 atom stereocenters. The molecule has 1 saturated heterocycles. The second kappa shape index (κ2) is 9.22. The van der Waals surface area contributed by atoms with Gasteiger partial charge in [0.15, 0.2) is 0 Å². The molecule has 158 valence electrons. The maximum Gasteiger partial charge on any atom is 0.248 e. The molecule has 1 aliphatic heterocycles. The topological polar surface area (TPSA) is 74.6 Å². The Balaban J connectivity index is 1.22. The number of carbonyl (C=O) groups is 1. The van der Waals surface area contributed by atoms with Crippen molar-refractivity contribution in [2.45, 2.75) is 19.3 Å². The van der Waals surface area contributed by atoms with Gasteiger partial charge in [-0.2, -0.15) is 0 Å². The molecule has 3 aromatic rings. The molecule has 1 amide bonds. The molecular formula is C24H30N4O2. The van der Waals surface area contributed by atoms with E-state index in [1.165, 1.54) is 17.7 Å². The maximum atomic E-state index is 11.5. The zero-order valence-corrected chi connectivity index (χ0v) is 17.6. The Morgan fingerprint density at radius 2 is 1.83 bits per heavy atom. The SMILES string of the molecule is COc1ccc(N2CCN(CCCCc3c[nH]c4ccc(C(N)=O)cc34)CC2)cc1. The van der Waals surface area contributed by atoms with E-state index in [-0.39, 0.29) is 5.91 Å². The molecule has 6 nitrogen and oxygen atoms in total. The lowest BCUT2D eigenvalue weighted by atomic mass is 10.0. The molecule has 1 aliphatic rings. The molecule has 0 aliphatic carbocycles. The monoisotopic (exact) mass is 406 g/mol. The van der Waals surface area contributed by atoms with Crippen molar-refractivity contribution in [3.8, 4) is 5.75 Å². The summed E-state index contributed by atoms with van der Waals surface area (Å²) in [6.45, 7) is 5.45. The highest BCUT2D eigenvalue weighted by Crippen LogP contribution is 2.23. The van der Waals surface area contributed by atoms with Gasteiger partial charge in [-0.1, -0.05) is 0 Å². The van der Waals surface area contributed by atoms with Crippen molar-refractivity contribution in [1.82, 2.24) is 9.88 Å². The fourth-order valence-electron chi connectivity index (χ4n) is 4.21. The molecule has 0 unspecified atom stereocenters. The smallest absolute Gasteiger partial charge is 0.248 e. The zero-order chi connectivity index (χ0) is 20.9. The van der Waals surface area contributed by atoms with Crippen molar-refractivity contribution < 1.29 is 9.53 Å². The van der Waals surface area contributed by atoms with Gasteiger partial charge in [-0.25, -0.2) is 0 Å². The van der Waals surface area contributed by atoms with Gasteiger partial charge in [-0.05, 0) is 73.8 Å². The fourth-order valence-corrected chi connectivity index (χ4v) is 4.21. The van der Waals surface area contributed by atoms with E-state index in [1.54, 1.807) is 13.2 Å². The average molecular weight is 407 g/mol. The van der Waals surface area contributed by atoms with Crippen molar-refractivity contribution in [1.29, 1.82) is 0 Å². The number of nitrogens with two attached hydrogens (primary N) is 1. The number of aromatic amines is 1. The molecule has 3 N–H and O–H groups in total. The lowest BCUT2D eigenvalue weighted by molar-refractivity contribution is 0.100. The predicted octanol–water partition coefficient (Wildman–Crippen LogP) is 3.42. The summed E-state index contributed by atoms with van der Waals surface area (Å²) in [5.41, 5.74) is 9.58. The van der Waals surface area contributed by atoms with Crippen LogP contribution in [0.3, 0.4) is 0 Å². The number of piperazine rings is 1. The summed E-state index contributed by atoms with van der Waals surface area (Å²) in [7, 11) is 1.70. The van der Waals surface area contributed by atoms with Gasteiger partial charge in [-0.3, -0.25) is 9.69 Å². The highest BCUT2D eigenvalue weighted by Gasteiger charge is 2.17. The molecule has 0 spiro atoms. The van der Waals surface area contributed by atoms with E-state index in [0.29, 0.717) is 5.56 Å². The Morgan fingerprint density at radius 3 is 2.53 bits per heavy atom. The van der Waals surface area contributed by atoms with E-state index >= 15 is 0 Å². The standard InChI is InChI=1S/C24H30N4O2/c1-30-21-8-6-20(7-9-21)28-14-12-27(13-15-28)11-3-2-4-19-17-26-23-10-5-18(24(25)29)16-22(19)23/h5-10,16-17,26H,2-4,11-15H2,1H3,(H2,25,29). The Morgan fingerprint density at radius 1 is 1.07 bits per heavy atom. The van der Waals surface area contributed by atoms with Crippen LogP contribution >= 0.6 is 0 Å². The van der Waals surface area contributed by atoms with Gasteiger partial charge < -0.3 is 20.4 Å². The van der Waals surface area contributed by atoms with E-state index in [9.17, 15) is 4.79 Å². The summed E-state index contributed by atoms with van der Waals surface area (Å²) in [4.78, 5) is 19.7. The van der Waals surface area contributed by atoms with Crippen LogP contribution in [0.4, 0.5) is 5.69 Å². The first-order chi connectivity index (χ1) is 14.6. The third-order valence-corrected chi connectivity index (χ3v) is 6.03. The first-order valence-electron chi connectivity index (χ1n) is 10.7. The van der Waals surface area contributed by atoms with Gasteiger partial charge >= 0.3 is 0 Å². The minimum Gasteiger partial charge on any atom is -0.497 e. The van der Waals surface area contributed by atoms with Crippen LogP contribution in [-0.2, 0) is 6.42 Å². The van der Waals surface area contributed by atoms with Crippen LogP contribution in [0.2, 0.25) is 0 Å². The van der Waals surface area contributed by atoms with Crippen molar-refractivity contribution in [2.24, 2.45) is 5.73 Å². The summed E-state index contributed by atoms with van der Waals surface area (Å²) in [6, 6.07) is 13.9. The third kappa shape index (κ3) is 4.60. The minimum atomic E-state index is -0.377. The number of anilines is 1. The number of methoxy groups -OCH3 is 1. The summed E-state index contributed by atoms with van der Waals surface area (Å²) < 4.78 is 5.25. The van der Waals surface area contributed by atoms with Gasteiger partial charge in [0.05, 0.1) is 7.11 Å². The number of primary amides is 1. The first-order valence-corrected chi connectivity index (χ1v) is 10.7. The zero-order valence-electron chi connectivity index (χ0n) is 17.6. The Kier molecular flexibility index (Phi) is 6.23. The molecule has 2 heterocycles. The fraction of sp³-hybridized carbons (Fsp3) is 0.375. The average Bonchev–Trinajstić information content (AvgIpc) is 3.19. The molecule has 6 heteroatoms. The Labute approximate surface area is 177 Å². The number of nitrogens with one attached hydrogen (secondary N) is 1. The summed E-state index contributed by atoms with van der Waals surface area (Å²) in [5.74, 6) is 0.524. The first kappa shape index (κ1) is 20.3. The number of unbranched alkanes of at least 4 members (excludes halogenated alkanes) is 1. The van der Waals surface area contributed by atoms with Crippen LogP contribution in [-0.4, -0.2) is 55.6 Å². The highest BCUT2D eigenvalue weighted by atomic mass is 16.5. The number of H-pyrrole nitrogens is 1. The number of hydrogen-bond donors (Lipinski definition) is 2. The molecule has 30 heavy (non-hydrogen) atoms. The Hall–Kier alpha value is -2.99. The number of benzene rings is 2. The maximum absolute atomic E-state index is 11.5. The molecule has 4 rings (SSSR count). The van der Waals surface area contributed by atoms with Gasteiger partial charge in [-0.15, -0.1) is 0 Å². The number of carbonyl (C=O) groups excluding carboxylic acids is 1. The normalized spacial score (nSPS) is 14.9. The second-order valence-electron chi connectivity index (χ2n) is 7.92. The summed E-state index contributed by atoms with van der Waals surface area (Å²) in [6.07, 6.45) is 5.37. The van der Waals surface area contributed by atoms with Crippen LogP contribution in [0.15, 0.2) is 48.7 Å². The lowest BCUT2D eigenvalue weighted by Crippen LogP contribution is -2.46. The van der Waals surface area contributed by atoms with Crippen LogP contribution in [0.1, 0.15) is 28.8 Å². The molecule has 0 saturated carbocycles. The highest BCUT2D eigenvalue weighted by molar-refractivity contribution is 5.97. The molecular weight excluding hydrogens is 376 g/mol. The van der Waals surface area contributed by atoms with Crippen molar-refractivity contribution in [2.75, 3.05) is 44.7 Å². The number of nitrogens with zero attached hydrogens (tertiary/aromatic N) is 2. The number of amides is 1. The third-order valence-electron chi connectivity index (χ3n) is 6.03. The van der Waals surface area contributed by atoms with Gasteiger partial charge in [0, 0.05) is 54.5 Å². The number of rotatable bonds is 8. The number of ether oxygens (including phenoxy) is 1. The van der Waals surface area contributed by atoms with E-state index < -0.39 is 0 Å². The second-order valence-corrected chi connectivity index (χ2v) is 7.92. The number of fused-ring (bicyclic) bond motifs is 1. The minimum absolute atomic E-state index is 0.377. The molecule has 0 radical (unpaired) electrons. The molecule has 2 aromatic carbocycles. The summed E-state index contributed by atoms with van der Waals surface area (Å²) >= 11 is 0. The van der Waals surface area contributed by atoms with E-state index in [2.05, 4.69) is 33.1 Å². The molecule has 1 aromatic heterocycles. The quantitative estimate of drug-likeness (QED) is 0.562. The van der Waals surface area contributed by atoms with Gasteiger partial charge in [0.2, 0.25) is 5.91 Å². The Bertz CT molecular complexity index is 988. The van der Waals surface area contributed by atoms with Gasteiger partial charge in [0.1, 0.15) is 5.75 Å². The van der Waals surface area contributed by atoms with Gasteiger partial charge in [0.25, 0.3) is 0 Å². The van der Waals surface area contributed by atoms with Crippen molar-refractivity contribution in [3.63, 3.8) is 0 Å². The number of aromatic nitrogens is 1. The van der Waals surface area contributed by atoms with Crippen molar-refractivity contribution >= 4 is 22.5 Å². The largest absolute Gasteiger partial charge is 0.497 e. The molecule has 1 fully saturated rings. The summed E-state index contributed by atoms with van der Waals surface area (Å²) in [5, 5.41) is 1.11. The van der Waals surface area contributed by atoms with Crippen LogP contribution < -0.4 is 15.4 Å². The van der Waals surface area contributed by atoms with Crippen molar-refractivity contribution in [3.05, 3.63) is 59.8 Å². The molecule has 0 bridgehead atoms.